The van der Waals surface area contributed by atoms with Crippen molar-refractivity contribution in [2.75, 3.05) is 6.54 Å². The van der Waals surface area contributed by atoms with Crippen LogP contribution in [0.25, 0.3) is 0 Å². The van der Waals surface area contributed by atoms with Gasteiger partial charge in [-0.2, -0.15) is 0 Å². The van der Waals surface area contributed by atoms with E-state index in [2.05, 4.69) is 0 Å². The molecular weight excluding hydrogens is 198 g/mol. The molecule has 0 atom stereocenters. The molecule has 0 bridgehead atoms. The molecule has 5 heteroatoms. The predicted molar refractivity (Wildman–Crippen MR) is 50.0 cm³/mol. The van der Waals surface area contributed by atoms with Crippen LogP contribution in [0.5, 0.6) is 0 Å². The highest BCUT2D eigenvalue weighted by atomic mass is 16.4. The summed E-state index contributed by atoms with van der Waals surface area (Å²) in [7, 11) is 0. The fourth-order valence-corrected chi connectivity index (χ4v) is 1.37. The number of imide groups is 1. The van der Waals surface area contributed by atoms with E-state index >= 15 is 0 Å². The molecule has 0 spiro atoms. The number of amides is 2. The molecule has 1 rings (SSSR count). The van der Waals surface area contributed by atoms with Crippen LogP contribution in [0.15, 0.2) is 12.2 Å². The maximum Gasteiger partial charge on any atom is 0.355 e. The summed E-state index contributed by atoms with van der Waals surface area (Å²) in [4.78, 5) is 33.4. The first kappa shape index (κ1) is 11.4. The van der Waals surface area contributed by atoms with E-state index in [0.717, 1.165) is 4.90 Å². The Morgan fingerprint density at radius 3 is 2.20 bits per heavy atom. The number of hydrogen-bond donors (Lipinski definition) is 0. The molecule has 1 aliphatic heterocycles. The summed E-state index contributed by atoms with van der Waals surface area (Å²) >= 11 is 0. The van der Waals surface area contributed by atoms with Gasteiger partial charge in [0.25, 0.3) is 11.8 Å². The Labute approximate surface area is 87.4 Å². The Morgan fingerprint density at radius 1 is 1.07 bits per heavy atom. The van der Waals surface area contributed by atoms with E-state index in [9.17, 15) is 19.5 Å². The van der Waals surface area contributed by atoms with Gasteiger partial charge in [-0.3, -0.25) is 14.5 Å². The largest absolute Gasteiger partial charge is 0.355 e. The summed E-state index contributed by atoms with van der Waals surface area (Å²) in [6, 6.07) is 0. The zero-order valence-corrected chi connectivity index (χ0v) is 8.27. The average molecular weight is 210 g/mol. The highest BCUT2D eigenvalue weighted by molar-refractivity contribution is 6.12. The maximum atomic E-state index is 11.1. The van der Waals surface area contributed by atoms with Crippen molar-refractivity contribution in [2.45, 2.75) is 25.7 Å². The zero-order chi connectivity index (χ0) is 11.3. The minimum atomic E-state index is -1.06. The average Bonchev–Trinajstić information content (AvgIpc) is 2.47. The van der Waals surface area contributed by atoms with E-state index in [1.807, 2.05) is 0 Å². The van der Waals surface area contributed by atoms with Crippen LogP contribution in [-0.4, -0.2) is 29.2 Å². The van der Waals surface area contributed by atoms with Gasteiger partial charge in [-0.1, -0.05) is 6.42 Å². The molecule has 1 aliphatic rings. The predicted octanol–water partition coefficient (Wildman–Crippen LogP) is 0.429. The third kappa shape index (κ3) is 3.53. The zero-order valence-electron chi connectivity index (χ0n) is 8.27. The number of unbranched alkanes of at least 4 members (excludes halogenated alkanes) is 2. The second-order valence-electron chi connectivity index (χ2n) is 3.34. The molecule has 0 N–H and O–H groups in total. The van der Waals surface area contributed by atoms with Crippen molar-refractivity contribution in [1.29, 1.82) is 0 Å². The summed E-state index contributed by atoms with van der Waals surface area (Å²) in [5, 5.41) is 10.1. The Bertz CT molecular complexity index is 291. The Hall–Kier alpha value is -1.65. The minimum absolute atomic E-state index is 0.0279. The number of nitrogens with zero attached hydrogens (tertiary/aromatic N) is 1. The lowest BCUT2D eigenvalue weighted by Gasteiger charge is -2.12. The molecule has 0 unspecified atom stereocenters. The molecule has 0 saturated heterocycles. The second-order valence-corrected chi connectivity index (χ2v) is 3.34. The molecule has 0 saturated carbocycles. The van der Waals surface area contributed by atoms with Crippen LogP contribution >= 0.6 is 0 Å². The standard InChI is InChI=1S/C10H12NO4/c12-8-5-6-9(13)11(8)7-3-1-2-4-10(14)15/h5-6H,1-4,7H2. The lowest BCUT2D eigenvalue weighted by molar-refractivity contribution is -0.143. The molecule has 15 heavy (non-hydrogen) atoms. The van der Waals surface area contributed by atoms with E-state index in [-0.39, 0.29) is 18.2 Å². The molecule has 0 aliphatic carbocycles. The molecule has 0 aromatic carbocycles. The van der Waals surface area contributed by atoms with Crippen molar-refractivity contribution < 1.29 is 19.5 Å². The smallest absolute Gasteiger partial charge is 0.275 e. The van der Waals surface area contributed by atoms with Crippen LogP contribution in [0.1, 0.15) is 25.7 Å². The van der Waals surface area contributed by atoms with Gasteiger partial charge in [-0.15, -0.1) is 0 Å². The van der Waals surface area contributed by atoms with Gasteiger partial charge >= 0.3 is 5.97 Å². The molecule has 0 fully saturated rings. The minimum Gasteiger partial charge on any atom is -0.275 e. The lowest BCUT2D eigenvalue weighted by atomic mass is 10.2. The van der Waals surface area contributed by atoms with Crippen LogP contribution in [0.2, 0.25) is 0 Å². The van der Waals surface area contributed by atoms with Gasteiger partial charge in [0.2, 0.25) is 0 Å². The van der Waals surface area contributed by atoms with Gasteiger partial charge in [0, 0.05) is 18.7 Å². The third-order valence-corrected chi connectivity index (χ3v) is 2.16. The van der Waals surface area contributed by atoms with Crippen LogP contribution in [0, 0.1) is 0 Å². The summed E-state index contributed by atoms with van der Waals surface area (Å²) < 4.78 is 0. The van der Waals surface area contributed by atoms with E-state index in [0.29, 0.717) is 25.8 Å². The van der Waals surface area contributed by atoms with E-state index in [1.165, 1.54) is 12.2 Å². The van der Waals surface area contributed by atoms with Gasteiger partial charge in [0.1, 0.15) is 0 Å². The third-order valence-electron chi connectivity index (χ3n) is 2.16. The topological polar surface area (TPSA) is 74.3 Å². The van der Waals surface area contributed by atoms with Crippen molar-refractivity contribution in [3.05, 3.63) is 12.2 Å². The highest BCUT2D eigenvalue weighted by Gasteiger charge is 2.22. The monoisotopic (exact) mass is 210 g/mol. The van der Waals surface area contributed by atoms with Crippen molar-refractivity contribution in [3.8, 4) is 0 Å². The molecule has 1 heterocycles. The van der Waals surface area contributed by atoms with E-state index < -0.39 is 5.97 Å². The quantitative estimate of drug-likeness (QED) is 0.471. The number of rotatable bonds is 6. The Balaban J connectivity index is 2.13. The van der Waals surface area contributed by atoms with Gasteiger partial charge < -0.3 is 0 Å². The summed E-state index contributed by atoms with van der Waals surface area (Å²) in [5.74, 6) is -1.65. The van der Waals surface area contributed by atoms with Gasteiger partial charge in [-0.25, -0.2) is 9.90 Å². The molecule has 5 nitrogen and oxygen atoms in total. The Kier molecular flexibility index (Phi) is 4.03. The summed E-state index contributed by atoms with van der Waals surface area (Å²) in [6.07, 6.45) is 4.33. The van der Waals surface area contributed by atoms with E-state index in [4.69, 9.17) is 0 Å². The van der Waals surface area contributed by atoms with Gasteiger partial charge in [0.05, 0.1) is 6.42 Å². The molecule has 1 radical (unpaired) electrons. The number of carbonyl (C=O) groups excluding carboxylic acids is 3. The summed E-state index contributed by atoms with van der Waals surface area (Å²) in [6.45, 7) is 0.359. The fourth-order valence-electron chi connectivity index (χ4n) is 1.37. The first-order chi connectivity index (χ1) is 7.11. The van der Waals surface area contributed by atoms with E-state index in [1.54, 1.807) is 0 Å². The maximum absolute atomic E-state index is 11.1. The first-order valence-corrected chi connectivity index (χ1v) is 4.84. The fraction of sp³-hybridized carbons (Fsp3) is 0.500. The van der Waals surface area contributed by atoms with Crippen molar-refractivity contribution in [2.24, 2.45) is 0 Å². The first-order valence-electron chi connectivity index (χ1n) is 4.84. The molecular formula is C10H12NO4. The van der Waals surface area contributed by atoms with Crippen LogP contribution in [0.3, 0.4) is 0 Å². The normalized spacial score (nSPS) is 15.1. The lowest BCUT2D eigenvalue weighted by Crippen LogP contribution is -2.30. The molecule has 0 aromatic heterocycles. The highest BCUT2D eigenvalue weighted by Crippen LogP contribution is 2.07. The van der Waals surface area contributed by atoms with Crippen molar-refractivity contribution >= 4 is 17.8 Å². The van der Waals surface area contributed by atoms with Crippen LogP contribution in [0.4, 0.5) is 0 Å². The molecule has 0 aromatic rings. The summed E-state index contributed by atoms with van der Waals surface area (Å²) in [5.41, 5.74) is 0. The van der Waals surface area contributed by atoms with Gasteiger partial charge in [-0.05, 0) is 12.8 Å². The number of carbonyl (C=O) groups is 3. The van der Waals surface area contributed by atoms with Crippen molar-refractivity contribution in [1.82, 2.24) is 4.90 Å². The van der Waals surface area contributed by atoms with Crippen LogP contribution in [-0.2, 0) is 19.5 Å². The van der Waals surface area contributed by atoms with Crippen LogP contribution < -0.4 is 0 Å². The SMILES string of the molecule is [O]C(=O)CCCCCN1C(=O)C=CC1=O. The molecule has 81 valence electrons. The number of hydrogen-bond acceptors (Lipinski definition) is 3. The Morgan fingerprint density at radius 2 is 1.67 bits per heavy atom. The molecule has 2 amide bonds. The van der Waals surface area contributed by atoms with Gasteiger partial charge in [0.15, 0.2) is 0 Å². The second kappa shape index (κ2) is 5.29. The van der Waals surface area contributed by atoms with Crippen molar-refractivity contribution in [3.63, 3.8) is 0 Å².